The Morgan fingerprint density at radius 1 is 1.17 bits per heavy atom. The summed E-state index contributed by atoms with van der Waals surface area (Å²) < 4.78 is 19.9. The second kappa shape index (κ2) is 9.88. The highest BCUT2D eigenvalue weighted by atomic mass is 35.5. The van der Waals surface area contributed by atoms with Crippen molar-refractivity contribution in [3.63, 3.8) is 0 Å². The Morgan fingerprint density at radius 3 is 2.61 bits per heavy atom. The topological polar surface area (TPSA) is 96.5 Å². The molecule has 1 aliphatic rings. The zero-order valence-corrected chi connectivity index (χ0v) is 21.0. The number of amides is 1. The molecule has 0 spiro atoms. The van der Waals surface area contributed by atoms with E-state index in [-0.39, 0.29) is 22.3 Å². The molecule has 5 rings (SSSR count). The maximum Gasteiger partial charge on any atom is 0.296 e. The minimum atomic E-state index is -0.981. The van der Waals surface area contributed by atoms with Gasteiger partial charge in [0.1, 0.15) is 11.6 Å². The molecule has 1 amide bonds. The Balaban J connectivity index is 1.50. The highest BCUT2D eigenvalue weighted by Gasteiger charge is 2.46. The first-order valence-corrected chi connectivity index (χ1v) is 12.8. The summed E-state index contributed by atoms with van der Waals surface area (Å²) in [6.45, 7) is 1.69. The van der Waals surface area contributed by atoms with Crippen LogP contribution in [0.5, 0.6) is 0 Å². The number of aliphatic hydroxyl groups excluding tert-OH is 1. The van der Waals surface area contributed by atoms with Crippen molar-refractivity contribution in [1.29, 1.82) is 0 Å². The molecule has 0 bridgehead atoms. The van der Waals surface area contributed by atoms with E-state index in [9.17, 15) is 19.1 Å². The Bertz CT molecular complexity index is 1500. The van der Waals surface area contributed by atoms with Crippen LogP contribution in [0.2, 0.25) is 5.02 Å². The fraction of sp³-hybridized carbons (Fsp3) is 0.120. The lowest BCUT2D eigenvalue weighted by molar-refractivity contribution is -0.117. The van der Waals surface area contributed by atoms with Crippen LogP contribution in [0.3, 0.4) is 0 Å². The first kappa shape index (κ1) is 24.2. The zero-order valence-electron chi connectivity index (χ0n) is 18.6. The van der Waals surface area contributed by atoms with Crippen molar-refractivity contribution in [3.8, 4) is 0 Å². The van der Waals surface area contributed by atoms with E-state index in [4.69, 9.17) is 16.0 Å². The second-order valence-electron chi connectivity index (χ2n) is 7.86. The molecule has 0 saturated heterocycles. The standard InChI is InChI=1S/C25H17ClFN3O4S2/c1-13-6-11-18(34-13)21(31)19-20(14-7-9-16(26)10-8-14)30(23(33)22(19)32)24-28-29-25(36-24)35-12-15-4-2-3-5-17(15)27/h2-11,20,32H,12H2,1H3. The molecule has 1 unspecified atom stereocenters. The molecule has 36 heavy (non-hydrogen) atoms. The third-order valence-electron chi connectivity index (χ3n) is 5.51. The van der Waals surface area contributed by atoms with Gasteiger partial charge in [-0.1, -0.05) is 65.0 Å². The lowest BCUT2D eigenvalue weighted by Gasteiger charge is -2.23. The first-order chi connectivity index (χ1) is 17.3. The number of carbonyl (C=O) groups excluding carboxylic acids is 2. The third-order valence-corrected chi connectivity index (χ3v) is 7.87. The average molecular weight is 542 g/mol. The number of anilines is 1. The third kappa shape index (κ3) is 4.55. The number of Topliss-reactive ketones (excluding diaryl/α,β-unsaturated/α-hetero) is 1. The van der Waals surface area contributed by atoms with Crippen LogP contribution in [-0.2, 0) is 10.5 Å². The normalized spacial score (nSPS) is 15.7. The quantitative estimate of drug-likeness (QED) is 0.166. The number of ketones is 1. The van der Waals surface area contributed by atoms with Crippen LogP contribution in [-0.4, -0.2) is 27.0 Å². The number of rotatable bonds is 7. The SMILES string of the molecule is Cc1ccc(C(=O)C2=C(O)C(=O)N(c3nnc(SCc4ccccc4F)s3)C2c2ccc(Cl)cc2)o1. The van der Waals surface area contributed by atoms with E-state index in [0.29, 0.717) is 32.0 Å². The van der Waals surface area contributed by atoms with Gasteiger partial charge in [-0.05, 0) is 48.4 Å². The highest BCUT2D eigenvalue weighted by Crippen LogP contribution is 2.44. The van der Waals surface area contributed by atoms with Crippen LogP contribution in [0, 0.1) is 12.7 Å². The maximum absolute atomic E-state index is 14.0. The van der Waals surface area contributed by atoms with Crippen molar-refractivity contribution in [2.75, 3.05) is 4.90 Å². The van der Waals surface area contributed by atoms with Gasteiger partial charge in [0.05, 0.1) is 11.6 Å². The van der Waals surface area contributed by atoms with Gasteiger partial charge >= 0.3 is 0 Å². The molecule has 3 heterocycles. The number of thioether (sulfide) groups is 1. The molecule has 0 aliphatic carbocycles. The molecule has 1 aliphatic heterocycles. The number of benzene rings is 2. The van der Waals surface area contributed by atoms with Crippen LogP contribution in [0.25, 0.3) is 0 Å². The number of halogens is 2. The minimum Gasteiger partial charge on any atom is -0.503 e. The van der Waals surface area contributed by atoms with Gasteiger partial charge in [0.25, 0.3) is 5.91 Å². The molecule has 0 radical (unpaired) electrons. The summed E-state index contributed by atoms with van der Waals surface area (Å²) in [6.07, 6.45) is 0. The van der Waals surface area contributed by atoms with Gasteiger partial charge in [0.15, 0.2) is 15.9 Å². The minimum absolute atomic E-state index is 0.000981. The Morgan fingerprint density at radius 2 is 1.92 bits per heavy atom. The first-order valence-electron chi connectivity index (χ1n) is 10.7. The molecule has 1 atom stereocenters. The van der Waals surface area contributed by atoms with E-state index < -0.39 is 23.5 Å². The molecule has 4 aromatic rings. The Kier molecular flexibility index (Phi) is 6.65. The second-order valence-corrected chi connectivity index (χ2v) is 10.5. The molecule has 2 aromatic carbocycles. The molecule has 2 aromatic heterocycles. The number of hydrogen-bond acceptors (Lipinski definition) is 8. The van der Waals surface area contributed by atoms with Crippen LogP contribution in [0.1, 0.15) is 33.5 Å². The monoisotopic (exact) mass is 541 g/mol. The molecule has 182 valence electrons. The van der Waals surface area contributed by atoms with Crippen LogP contribution >= 0.6 is 34.7 Å². The van der Waals surface area contributed by atoms with Crippen molar-refractivity contribution in [2.24, 2.45) is 0 Å². The van der Waals surface area contributed by atoms with Gasteiger partial charge in [0, 0.05) is 10.8 Å². The van der Waals surface area contributed by atoms with Crippen LogP contribution in [0.4, 0.5) is 9.52 Å². The summed E-state index contributed by atoms with van der Waals surface area (Å²) in [4.78, 5) is 27.8. The molecule has 7 nitrogen and oxygen atoms in total. The predicted octanol–water partition coefficient (Wildman–Crippen LogP) is 6.31. The number of aliphatic hydroxyl groups is 1. The maximum atomic E-state index is 14.0. The van der Waals surface area contributed by atoms with Crippen molar-refractivity contribution < 1.29 is 23.5 Å². The summed E-state index contributed by atoms with van der Waals surface area (Å²) in [5.74, 6) is -1.58. The van der Waals surface area contributed by atoms with Gasteiger partial charge in [-0.3, -0.25) is 14.5 Å². The van der Waals surface area contributed by atoms with Crippen molar-refractivity contribution in [1.82, 2.24) is 10.2 Å². The van der Waals surface area contributed by atoms with Crippen LogP contribution < -0.4 is 4.90 Å². The zero-order chi connectivity index (χ0) is 25.4. The molecule has 0 saturated carbocycles. The van der Waals surface area contributed by atoms with Gasteiger partial charge in [-0.15, -0.1) is 10.2 Å². The van der Waals surface area contributed by atoms with Gasteiger partial charge in [0.2, 0.25) is 10.9 Å². The van der Waals surface area contributed by atoms with E-state index in [1.165, 1.54) is 28.8 Å². The Labute approximate surface area is 218 Å². The fourth-order valence-corrected chi connectivity index (χ4v) is 5.78. The van der Waals surface area contributed by atoms with E-state index in [2.05, 4.69) is 10.2 Å². The summed E-state index contributed by atoms with van der Waals surface area (Å²) in [6, 6.07) is 15.2. The number of carbonyl (C=O) groups is 2. The number of nitrogens with zero attached hydrogens (tertiary/aromatic N) is 3. The summed E-state index contributed by atoms with van der Waals surface area (Å²) in [5, 5.41) is 19.7. The van der Waals surface area contributed by atoms with E-state index >= 15 is 0 Å². The van der Waals surface area contributed by atoms with E-state index in [1.54, 1.807) is 55.5 Å². The van der Waals surface area contributed by atoms with E-state index in [1.807, 2.05) is 0 Å². The molecular weight excluding hydrogens is 525 g/mol. The highest BCUT2D eigenvalue weighted by molar-refractivity contribution is 8.00. The number of furan rings is 1. The van der Waals surface area contributed by atoms with Crippen molar-refractivity contribution in [3.05, 3.63) is 105 Å². The molecule has 11 heteroatoms. The summed E-state index contributed by atoms with van der Waals surface area (Å²) in [5.41, 5.74) is 0.920. The average Bonchev–Trinajstić information content (AvgIpc) is 3.57. The lowest BCUT2D eigenvalue weighted by atomic mass is 9.95. The van der Waals surface area contributed by atoms with Crippen LogP contribution in [0.15, 0.2) is 80.8 Å². The van der Waals surface area contributed by atoms with Gasteiger partial charge in [-0.2, -0.15) is 0 Å². The smallest absolute Gasteiger partial charge is 0.296 e. The predicted molar refractivity (Wildman–Crippen MR) is 135 cm³/mol. The molecule has 1 N–H and O–H groups in total. The Hall–Kier alpha value is -3.47. The van der Waals surface area contributed by atoms with Crippen molar-refractivity contribution >= 4 is 51.5 Å². The number of aryl methyl sites for hydroxylation is 1. The van der Waals surface area contributed by atoms with E-state index in [0.717, 1.165) is 11.3 Å². The largest absolute Gasteiger partial charge is 0.503 e. The summed E-state index contributed by atoms with van der Waals surface area (Å²) in [7, 11) is 0. The van der Waals surface area contributed by atoms with Crippen molar-refractivity contribution in [2.45, 2.75) is 23.1 Å². The molecular formula is C25H17ClFN3O4S2. The summed E-state index contributed by atoms with van der Waals surface area (Å²) >= 11 is 8.42. The van der Waals surface area contributed by atoms with Gasteiger partial charge in [-0.25, -0.2) is 4.39 Å². The van der Waals surface area contributed by atoms with Gasteiger partial charge < -0.3 is 9.52 Å². The molecule has 0 fully saturated rings. The number of aromatic nitrogens is 2. The lowest BCUT2D eigenvalue weighted by Crippen LogP contribution is -2.31. The number of hydrogen-bond donors (Lipinski definition) is 1. The fourth-order valence-electron chi connectivity index (χ4n) is 3.80.